The molecule has 1 heterocycles. The first-order valence-electron chi connectivity index (χ1n) is 8.32. The van der Waals surface area contributed by atoms with E-state index in [4.69, 9.17) is 0 Å². The van der Waals surface area contributed by atoms with Crippen molar-refractivity contribution in [2.45, 2.75) is 26.7 Å². The predicted octanol–water partition coefficient (Wildman–Crippen LogP) is 5.11. The Bertz CT molecular complexity index is 1000. The van der Waals surface area contributed by atoms with Gasteiger partial charge in [-0.05, 0) is 48.7 Å². The van der Waals surface area contributed by atoms with Crippen LogP contribution < -0.4 is 5.56 Å². The smallest absolute Gasteiger partial charge is 0.262 e. The average Bonchev–Trinajstić information content (AvgIpc) is 2.61. The highest BCUT2D eigenvalue weighted by molar-refractivity contribution is 9.10. The van der Waals surface area contributed by atoms with Gasteiger partial charge in [0, 0.05) is 28.2 Å². The van der Waals surface area contributed by atoms with E-state index >= 15 is 0 Å². The van der Waals surface area contributed by atoms with Crippen molar-refractivity contribution in [1.82, 2.24) is 4.57 Å². The Labute approximate surface area is 155 Å². The van der Waals surface area contributed by atoms with E-state index in [1.165, 1.54) is 0 Å². The minimum Gasteiger partial charge on any atom is -0.507 e. The molecule has 128 valence electrons. The lowest BCUT2D eigenvalue weighted by Gasteiger charge is -2.18. The van der Waals surface area contributed by atoms with Gasteiger partial charge in [0.1, 0.15) is 5.75 Å². The van der Waals surface area contributed by atoms with Crippen molar-refractivity contribution in [3.8, 4) is 5.75 Å². The Morgan fingerprint density at radius 1 is 1.16 bits per heavy atom. The summed E-state index contributed by atoms with van der Waals surface area (Å²) < 4.78 is 2.73. The van der Waals surface area contributed by atoms with Gasteiger partial charge in [-0.25, -0.2) is 0 Å². The number of phenolic OH excluding ortho intramolecular Hbond substituents is 1. The Morgan fingerprint density at radius 3 is 2.52 bits per heavy atom. The number of nitrogens with zero attached hydrogens (tertiary/aromatic N) is 1. The summed E-state index contributed by atoms with van der Waals surface area (Å²) in [6, 6.07) is 13.2. The predicted molar refractivity (Wildman–Crippen MR) is 107 cm³/mol. The summed E-state index contributed by atoms with van der Waals surface area (Å²) in [5.74, 6) is 0.163. The molecule has 0 aliphatic rings. The summed E-state index contributed by atoms with van der Waals surface area (Å²) in [7, 11) is 0. The zero-order valence-corrected chi connectivity index (χ0v) is 15.9. The molecule has 0 unspecified atom stereocenters. The van der Waals surface area contributed by atoms with E-state index in [0.29, 0.717) is 17.2 Å². The van der Waals surface area contributed by atoms with Gasteiger partial charge in [0.15, 0.2) is 0 Å². The van der Waals surface area contributed by atoms with Crippen LogP contribution in [0.3, 0.4) is 0 Å². The Kier molecular flexibility index (Phi) is 5.09. The molecular formula is C21H20BrNO2. The fraction of sp³-hybridized carbons (Fsp3) is 0.190. The third kappa shape index (κ3) is 3.27. The molecule has 0 radical (unpaired) electrons. The molecule has 0 bridgehead atoms. The minimum absolute atomic E-state index is 0.103. The second kappa shape index (κ2) is 7.28. The molecule has 3 rings (SSSR count). The van der Waals surface area contributed by atoms with Crippen LogP contribution in [0.2, 0.25) is 0 Å². The van der Waals surface area contributed by atoms with E-state index in [-0.39, 0.29) is 11.3 Å². The molecule has 4 heteroatoms. The van der Waals surface area contributed by atoms with Gasteiger partial charge in [-0.1, -0.05) is 47.1 Å². The van der Waals surface area contributed by atoms with Crippen LogP contribution >= 0.6 is 15.9 Å². The molecule has 0 saturated heterocycles. The highest BCUT2D eigenvalue weighted by atomic mass is 79.9. The van der Waals surface area contributed by atoms with E-state index < -0.39 is 0 Å². The zero-order chi connectivity index (χ0) is 18.0. The molecule has 2 aromatic carbocycles. The number of aromatic hydroxyl groups is 1. The van der Waals surface area contributed by atoms with Gasteiger partial charge in [-0.15, -0.1) is 0 Å². The first kappa shape index (κ1) is 17.5. The maximum Gasteiger partial charge on any atom is 0.262 e. The normalized spacial score (nSPS) is 11.5. The molecule has 1 N–H and O–H groups in total. The number of hydrogen-bond acceptors (Lipinski definition) is 2. The van der Waals surface area contributed by atoms with E-state index in [9.17, 15) is 9.90 Å². The molecule has 0 spiro atoms. The van der Waals surface area contributed by atoms with E-state index in [0.717, 1.165) is 27.7 Å². The molecular weight excluding hydrogens is 378 g/mol. The topological polar surface area (TPSA) is 42.2 Å². The lowest BCUT2D eigenvalue weighted by molar-refractivity contribution is 0.481. The minimum atomic E-state index is -0.103. The number of phenols is 1. The summed E-state index contributed by atoms with van der Waals surface area (Å²) >= 11 is 3.45. The molecule has 0 amide bonds. The fourth-order valence-electron chi connectivity index (χ4n) is 3.25. The third-order valence-corrected chi connectivity index (χ3v) is 4.90. The monoisotopic (exact) mass is 397 g/mol. The number of hydrogen-bond donors (Lipinski definition) is 1. The van der Waals surface area contributed by atoms with Gasteiger partial charge in [-0.2, -0.15) is 0 Å². The molecule has 1 aromatic heterocycles. The van der Waals surface area contributed by atoms with Crippen molar-refractivity contribution in [3.05, 3.63) is 80.2 Å². The van der Waals surface area contributed by atoms with Crippen LogP contribution in [0.25, 0.3) is 17.0 Å². The molecule has 0 atom stereocenters. The van der Waals surface area contributed by atoms with Crippen LogP contribution in [0.1, 0.15) is 30.7 Å². The van der Waals surface area contributed by atoms with Gasteiger partial charge in [0.25, 0.3) is 5.56 Å². The standard InChI is InChI=1S/C21H20BrNO2/c1-3-12-23-18(13-14-8-10-15(22)11-9-14)16(4-2)20-17(21(23)25)6-5-7-19(20)24/h3,5-12,24H,4,13H2,1-2H3. The fourth-order valence-corrected chi connectivity index (χ4v) is 3.52. The average molecular weight is 398 g/mol. The maximum atomic E-state index is 13.0. The second-order valence-corrected chi connectivity index (χ2v) is 6.85. The summed E-state index contributed by atoms with van der Waals surface area (Å²) in [5, 5.41) is 11.6. The summed E-state index contributed by atoms with van der Waals surface area (Å²) in [6.07, 6.45) is 5.03. The SMILES string of the molecule is CC=Cn1c(Cc2ccc(Br)cc2)c(CC)c2c(O)cccc2c1=O. The third-order valence-electron chi connectivity index (χ3n) is 4.37. The molecule has 0 aliphatic carbocycles. The lowest BCUT2D eigenvalue weighted by atomic mass is 9.97. The van der Waals surface area contributed by atoms with Crippen LogP contribution in [-0.2, 0) is 12.8 Å². The number of halogens is 1. The van der Waals surface area contributed by atoms with E-state index in [1.54, 1.807) is 29.0 Å². The summed E-state index contributed by atoms with van der Waals surface area (Å²) in [4.78, 5) is 13.0. The number of rotatable bonds is 4. The molecule has 0 fully saturated rings. The van der Waals surface area contributed by atoms with Crippen LogP contribution in [0, 0.1) is 0 Å². The first-order chi connectivity index (χ1) is 12.1. The Hall–Kier alpha value is -2.33. The quantitative estimate of drug-likeness (QED) is 0.664. The number of fused-ring (bicyclic) bond motifs is 1. The Balaban J connectivity index is 2.34. The second-order valence-electron chi connectivity index (χ2n) is 5.94. The van der Waals surface area contributed by atoms with Gasteiger partial charge >= 0.3 is 0 Å². The number of aryl methyl sites for hydroxylation is 1. The first-order valence-corrected chi connectivity index (χ1v) is 9.11. The van der Waals surface area contributed by atoms with E-state index in [2.05, 4.69) is 22.9 Å². The largest absolute Gasteiger partial charge is 0.507 e. The van der Waals surface area contributed by atoms with Crippen LogP contribution in [-0.4, -0.2) is 9.67 Å². The molecule has 3 nitrogen and oxygen atoms in total. The van der Waals surface area contributed by atoms with Crippen molar-refractivity contribution < 1.29 is 5.11 Å². The lowest BCUT2D eigenvalue weighted by Crippen LogP contribution is -2.22. The highest BCUT2D eigenvalue weighted by Crippen LogP contribution is 2.30. The maximum absolute atomic E-state index is 13.0. The number of aromatic nitrogens is 1. The summed E-state index contributed by atoms with van der Waals surface area (Å²) in [6.45, 7) is 3.95. The summed E-state index contributed by atoms with van der Waals surface area (Å²) in [5.41, 5.74) is 2.94. The number of benzene rings is 2. The Morgan fingerprint density at radius 2 is 1.88 bits per heavy atom. The van der Waals surface area contributed by atoms with Crippen molar-refractivity contribution in [2.24, 2.45) is 0 Å². The van der Waals surface area contributed by atoms with Crippen molar-refractivity contribution in [1.29, 1.82) is 0 Å². The van der Waals surface area contributed by atoms with Gasteiger partial charge < -0.3 is 5.11 Å². The van der Waals surface area contributed by atoms with Gasteiger partial charge in [-0.3, -0.25) is 9.36 Å². The van der Waals surface area contributed by atoms with Crippen molar-refractivity contribution in [3.63, 3.8) is 0 Å². The zero-order valence-electron chi connectivity index (χ0n) is 14.3. The van der Waals surface area contributed by atoms with Crippen molar-refractivity contribution in [2.75, 3.05) is 0 Å². The van der Waals surface area contributed by atoms with Crippen molar-refractivity contribution >= 4 is 32.9 Å². The van der Waals surface area contributed by atoms with Gasteiger partial charge in [0.2, 0.25) is 0 Å². The molecule has 0 saturated carbocycles. The number of allylic oxidation sites excluding steroid dienone is 1. The highest BCUT2D eigenvalue weighted by Gasteiger charge is 2.17. The molecule has 25 heavy (non-hydrogen) atoms. The van der Waals surface area contributed by atoms with Crippen LogP contribution in [0.4, 0.5) is 0 Å². The molecule has 3 aromatic rings. The van der Waals surface area contributed by atoms with E-state index in [1.807, 2.05) is 37.3 Å². The van der Waals surface area contributed by atoms with Gasteiger partial charge in [0.05, 0.1) is 5.39 Å². The number of pyridine rings is 1. The van der Waals surface area contributed by atoms with Crippen LogP contribution in [0.15, 0.2) is 57.8 Å². The molecule has 0 aliphatic heterocycles. The van der Waals surface area contributed by atoms with Crippen LogP contribution in [0.5, 0.6) is 5.75 Å².